The molecule has 4 nitrogen and oxygen atoms in total. The number of nitrogens with one attached hydrogen (secondary N) is 1. The molecule has 0 spiro atoms. The predicted molar refractivity (Wildman–Crippen MR) is 72.0 cm³/mol. The standard InChI is InChI=1S/C12H24N2O2S/c1-17-8-7-9(13)12(16)14-10-5-3-2-4-6-11(10)15/h9-11,15H,2-8,13H2,1H3,(H,14,16)/t9-,10?,11?/m1/s1. The van der Waals surface area contributed by atoms with E-state index in [1.54, 1.807) is 11.8 Å². The van der Waals surface area contributed by atoms with Crippen LogP contribution in [0.1, 0.15) is 38.5 Å². The molecule has 0 radical (unpaired) electrons. The highest BCUT2D eigenvalue weighted by atomic mass is 32.2. The number of hydrogen-bond acceptors (Lipinski definition) is 4. The quantitative estimate of drug-likeness (QED) is 0.641. The molecule has 1 fully saturated rings. The summed E-state index contributed by atoms with van der Waals surface area (Å²) in [4.78, 5) is 11.8. The van der Waals surface area contributed by atoms with E-state index in [0.29, 0.717) is 6.42 Å². The van der Waals surface area contributed by atoms with Crippen molar-refractivity contribution in [1.29, 1.82) is 0 Å². The van der Waals surface area contributed by atoms with Crippen LogP contribution >= 0.6 is 11.8 Å². The zero-order valence-electron chi connectivity index (χ0n) is 10.5. The molecule has 1 aliphatic rings. The molecule has 1 aliphatic carbocycles. The zero-order chi connectivity index (χ0) is 12.7. The Morgan fingerprint density at radius 2 is 2.18 bits per heavy atom. The van der Waals surface area contributed by atoms with Crippen molar-refractivity contribution in [2.45, 2.75) is 56.7 Å². The van der Waals surface area contributed by atoms with Crippen LogP contribution in [0.25, 0.3) is 0 Å². The highest BCUT2D eigenvalue weighted by Crippen LogP contribution is 2.18. The summed E-state index contributed by atoms with van der Waals surface area (Å²) >= 11 is 1.69. The average Bonchev–Trinajstić information content (AvgIpc) is 2.52. The van der Waals surface area contributed by atoms with Crippen molar-refractivity contribution in [2.75, 3.05) is 12.0 Å². The molecule has 0 heterocycles. The minimum atomic E-state index is -0.446. The molecule has 0 aromatic rings. The monoisotopic (exact) mass is 260 g/mol. The normalized spacial score (nSPS) is 27.2. The predicted octanol–water partition coefficient (Wildman–Crippen LogP) is 0.877. The van der Waals surface area contributed by atoms with Crippen LogP contribution < -0.4 is 11.1 Å². The van der Waals surface area contributed by atoms with E-state index in [0.717, 1.165) is 37.9 Å². The van der Waals surface area contributed by atoms with E-state index >= 15 is 0 Å². The van der Waals surface area contributed by atoms with Gasteiger partial charge in [-0.2, -0.15) is 11.8 Å². The maximum absolute atomic E-state index is 11.8. The summed E-state index contributed by atoms with van der Waals surface area (Å²) in [5.41, 5.74) is 5.80. The Bertz CT molecular complexity index is 239. The molecule has 17 heavy (non-hydrogen) atoms. The lowest BCUT2D eigenvalue weighted by Crippen LogP contribution is -2.49. The SMILES string of the molecule is CSCC[C@@H](N)C(=O)NC1CCCCCC1O. The number of nitrogens with two attached hydrogens (primary N) is 1. The number of rotatable bonds is 5. The first-order chi connectivity index (χ1) is 8.15. The van der Waals surface area contributed by atoms with E-state index in [9.17, 15) is 9.90 Å². The van der Waals surface area contributed by atoms with Crippen molar-refractivity contribution in [2.24, 2.45) is 5.73 Å². The van der Waals surface area contributed by atoms with Gasteiger partial charge < -0.3 is 16.2 Å². The second-order valence-electron chi connectivity index (χ2n) is 4.71. The molecule has 2 unspecified atom stereocenters. The molecular weight excluding hydrogens is 236 g/mol. The molecule has 100 valence electrons. The first-order valence-corrected chi connectivity index (χ1v) is 7.77. The molecule has 0 aromatic carbocycles. The molecule has 5 heteroatoms. The molecular formula is C12H24N2O2S. The smallest absolute Gasteiger partial charge is 0.237 e. The van der Waals surface area contributed by atoms with Crippen molar-refractivity contribution in [3.05, 3.63) is 0 Å². The topological polar surface area (TPSA) is 75.4 Å². The second kappa shape index (κ2) is 7.95. The van der Waals surface area contributed by atoms with E-state index in [1.165, 1.54) is 0 Å². The van der Waals surface area contributed by atoms with Crippen LogP contribution in [0, 0.1) is 0 Å². The highest BCUT2D eigenvalue weighted by Gasteiger charge is 2.24. The fourth-order valence-electron chi connectivity index (χ4n) is 2.12. The Morgan fingerprint density at radius 3 is 2.88 bits per heavy atom. The Morgan fingerprint density at radius 1 is 1.47 bits per heavy atom. The Kier molecular flexibility index (Phi) is 6.92. The van der Waals surface area contributed by atoms with Crippen molar-refractivity contribution in [3.63, 3.8) is 0 Å². The number of carbonyl (C=O) groups is 1. The summed E-state index contributed by atoms with van der Waals surface area (Å²) in [6, 6.07) is -0.553. The molecule has 1 rings (SSSR count). The first-order valence-electron chi connectivity index (χ1n) is 6.38. The van der Waals surface area contributed by atoms with E-state index < -0.39 is 12.1 Å². The first kappa shape index (κ1) is 14.8. The minimum Gasteiger partial charge on any atom is -0.391 e. The van der Waals surface area contributed by atoms with Gasteiger partial charge in [-0.15, -0.1) is 0 Å². The van der Waals surface area contributed by atoms with Gasteiger partial charge in [-0.05, 0) is 31.3 Å². The fraction of sp³-hybridized carbons (Fsp3) is 0.917. The summed E-state index contributed by atoms with van der Waals surface area (Å²) in [6.45, 7) is 0. The minimum absolute atomic E-state index is 0.106. The van der Waals surface area contributed by atoms with Crippen LogP contribution in [0.15, 0.2) is 0 Å². The molecule has 3 atom stereocenters. The third-order valence-electron chi connectivity index (χ3n) is 3.28. The van der Waals surface area contributed by atoms with Crippen LogP contribution in [0.2, 0.25) is 0 Å². The van der Waals surface area contributed by atoms with Gasteiger partial charge in [-0.25, -0.2) is 0 Å². The van der Waals surface area contributed by atoms with E-state index in [-0.39, 0.29) is 11.9 Å². The maximum atomic E-state index is 11.8. The van der Waals surface area contributed by atoms with Crippen molar-refractivity contribution >= 4 is 17.7 Å². The summed E-state index contributed by atoms with van der Waals surface area (Å²) in [7, 11) is 0. The van der Waals surface area contributed by atoms with Gasteiger partial charge in [0.05, 0.1) is 18.2 Å². The van der Waals surface area contributed by atoms with Crippen LogP contribution in [0.4, 0.5) is 0 Å². The largest absolute Gasteiger partial charge is 0.391 e. The van der Waals surface area contributed by atoms with Crippen LogP contribution in [-0.2, 0) is 4.79 Å². The lowest BCUT2D eigenvalue weighted by atomic mass is 10.1. The molecule has 0 saturated heterocycles. The Balaban J connectivity index is 2.37. The van der Waals surface area contributed by atoms with Crippen molar-refractivity contribution in [3.8, 4) is 0 Å². The van der Waals surface area contributed by atoms with Gasteiger partial charge >= 0.3 is 0 Å². The van der Waals surface area contributed by atoms with Gasteiger partial charge in [-0.1, -0.05) is 19.3 Å². The molecule has 0 bridgehead atoms. The van der Waals surface area contributed by atoms with Gasteiger partial charge in [0, 0.05) is 0 Å². The van der Waals surface area contributed by atoms with Gasteiger partial charge in [0.25, 0.3) is 0 Å². The average molecular weight is 260 g/mol. The number of aliphatic hydroxyl groups excluding tert-OH is 1. The van der Waals surface area contributed by atoms with E-state index in [4.69, 9.17) is 5.73 Å². The summed E-state index contributed by atoms with van der Waals surface area (Å²) in [5.74, 6) is 0.770. The molecule has 4 N–H and O–H groups in total. The fourth-order valence-corrected chi connectivity index (χ4v) is 2.61. The molecule has 1 saturated carbocycles. The van der Waals surface area contributed by atoms with Gasteiger partial charge in [0.15, 0.2) is 0 Å². The number of hydrogen-bond donors (Lipinski definition) is 3. The van der Waals surface area contributed by atoms with Crippen LogP contribution in [-0.4, -0.2) is 41.2 Å². The third-order valence-corrected chi connectivity index (χ3v) is 3.92. The Labute approximate surface area is 108 Å². The zero-order valence-corrected chi connectivity index (χ0v) is 11.3. The lowest BCUT2D eigenvalue weighted by Gasteiger charge is -2.23. The number of aliphatic hydroxyl groups is 1. The summed E-state index contributed by atoms with van der Waals surface area (Å²) < 4.78 is 0. The van der Waals surface area contributed by atoms with Gasteiger partial charge in [-0.3, -0.25) is 4.79 Å². The Hall–Kier alpha value is -0.260. The van der Waals surface area contributed by atoms with E-state index in [2.05, 4.69) is 5.32 Å². The number of thioether (sulfide) groups is 1. The van der Waals surface area contributed by atoms with Crippen LogP contribution in [0.5, 0.6) is 0 Å². The summed E-state index contributed by atoms with van der Waals surface area (Å²) in [6.07, 6.45) is 7.19. The number of amides is 1. The van der Waals surface area contributed by atoms with Crippen LogP contribution in [0.3, 0.4) is 0 Å². The lowest BCUT2D eigenvalue weighted by molar-refractivity contribution is -0.124. The molecule has 0 aliphatic heterocycles. The number of carbonyl (C=O) groups excluding carboxylic acids is 1. The van der Waals surface area contributed by atoms with E-state index in [1.807, 2.05) is 6.26 Å². The van der Waals surface area contributed by atoms with Crippen molar-refractivity contribution in [1.82, 2.24) is 5.32 Å². The highest BCUT2D eigenvalue weighted by molar-refractivity contribution is 7.98. The molecule has 0 aromatic heterocycles. The maximum Gasteiger partial charge on any atom is 0.237 e. The van der Waals surface area contributed by atoms with Gasteiger partial charge in [0.2, 0.25) is 5.91 Å². The van der Waals surface area contributed by atoms with Gasteiger partial charge in [0.1, 0.15) is 0 Å². The second-order valence-corrected chi connectivity index (χ2v) is 5.69. The third kappa shape index (κ3) is 5.27. The summed E-state index contributed by atoms with van der Waals surface area (Å²) in [5, 5.41) is 12.8. The van der Waals surface area contributed by atoms with Crippen molar-refractivity contribution < 1.29 is 9.90 Å². The molecule has 1 amide bonds.